The zero-order valence-electron chi connectivity index (χ0n) is 12.3. The Balaban J connectivity index is 1.92. The first kappa shape index (κ1) is 15.5. The van der Waals surface area contributed by atoms with E-state index in [9.17, 15) is 9.59 Å². The van der Waals surface area contributed by atoms with Crippen molar-refractivity contribution in [3.05, 3.63) is 23.9 Å². The van der Waals surface area contributed by atoms with E-state index >= 15 is 0 Å². The van der Waals surface area contributed by atoms with Crippen LogP contribution in [0.15, 0.2) is 18.2 Å². The summed E-state index contributed by atoms with van der Waals surface area (Å²) in [7, 11) is 5.63. The first-order valence-electron chi connectivity index (χ1n) is 7.31. The van der Waals surface area contributed by atoms with Gasteiger partial charge in [-0.1, -0.05) is 25.0 Å². The van der Waals surface area contributed by atoms with Gasteiger partial charge in [-0.15, -0.1) is 0 Å². The normalized spacial score (nSPS) is 14.9. The number of nitrogens with one attached hydrogen (secondary N) is 1. The van der Waals surface area contributed by atoms with E-state index < -0.39 is 0 Å². The van der Waals surface area contributed by atoms with E-state index in [0.717, 1.165) is 25.7 Å². The molecule has 0 aromatic carbocycles. The average Bonchev–Trinajstić information content (AvgIpc) is 2.90. The molecule has 2 rings (SSSR count). The third-order valence-corrected chi connectivity index (χ3v) is 3.68. The number of aromatic nitrogens is 1. The van der Waals surface area contributed by atoms with E-state index in [1.165, 1.54) is 11.8 Å². The summed E-state index contributed by atoms with van der Waals surface area (Å²) in [6.45, 7) is 1.80. The summed E-state index contributed by atoms with van der Waals surface area (Å²) in [5.41, 5.74) is 1.09. The molecule has 0 aliphatic heterocycles. The van der Waals surface area contributed by atoms with Gasteiger partial charge in [0, 0.05) is 13.0 Å². The van der Waals surface area contributed by atoms with Gasteiger partial charge in [0.05, 0.1) is 18.8 Å². The molecule has 0 saturated heterocycles. The molecular formula is C15H20BN3O2. The average molecular weight is 285 g/mol. The predicted molar refractivity (Wildman–Crippen MR) is 81.1 cm³/mol. The van der Waals surface area contributed by atoms with E-state index in [-0.39, 0.29) is 24.4 Å². The maximum absolute atomic E-state index is 12.0. The molecule has 1 N–H and O–H groups in total. The lowest BCUT2D eigenvalue weighted by atomic mass is 10.0. The zero-order chi connectivity index (χ0) is 15.2. The fourth-order valence-electron chi connectivity index (χ4n) is 2.58. The first-order valence-corrected chi connectivity index (χ1v) is 7.31. The lowest BCUT2D eigenvalue weighted by Gasteiger charge is -2.21. The van der Waals surface area contributed by atoms with Gasteiger partial charge in [-0.3, -0.25) is 14.6 Å². The van der Waals surface area contributed by atoms with Crippen molar-refractivity contribution in [3.63, 3.8) is 0 Å². The van der Waals surface area contributed by atoms with Crippen molar-refractivity contribution in [2.45, 2.75) is 45.2 Å². The zero-order valence-corrected chi connectivity index (χ0v) is 12.3. The Hall–Kier alpha value is -1.85. The fourth-order valence-corrected chi connectivity index (χ4v) is 2.58. The van der Waals surface area contributed by atoms with E-state index in [4.69, 9.17) is 7.85 Å². The smallest absolute Gasteiger partial charge is 0.239 e. The van der Waals surface area contributed by atoms with Crippen LogP contribution in [0.1, 0.15) is 38.3 Å². The Morgan fingerprint density at radius 3 is 2.71 bits per heavy atom. The van der Waals surface area contributed by atoms with Gasteiger partial charge < -0.3 is 10.2 Å². The van der Waals surface area contributed by atoms with Gasteiger partial charge in [0.15, 0.2) is 0 Å². The van der Waals surface area contributed by atoms with Crippen LogP contribution in [-0.4, -0.2) is 42.1 Å². The van der Waals surface area contributed by atoms with Crippen LogP contribution in [0.5, 0.6) is 0 Å². The molecule has 1 fully saturated rings. The van der Waals surface area contributed by atoms with Crippen LogP contribution in [0, 0.1) is 0 Å². The van der Waals surface area contributed by atoms with E-state index in [1.54, 1.807) is 18.2 Å². The molecule has 5 nitrogen and oxygen atoms in total. The van der Waals surface area contributed by atoms with Crippen molar-refractivity contribution in [2.75, 3.05) is 6.54 Å². The summed E-state index contributed by atoms with van der Waals surface area (Å²) >= 11 is 0. The number of hydrogen-bond donors (Lipinski definition) is 1. The Labute approximate surface area is 126 Å². The van der Waals surface area contributed by atoms with Gasteiger partial charge >= 0.3 is 0 Å². The molecule has 0 bridgehead atoms. The van der Waals surface area contributed by atoms with Crippen molar-refractivity contribution in [1.82, 2.24) is 15.2 Å². The summed E-state index contributed by atoms with van der Waals surface area (Å²) < 4.78 is 0. The molecule has 2 amide bonds. The van der Waals surface area contributed by atoms with Gasteiger partial charge in [0.1, 0.15) is 7.85 Å². The maximum atomic E-state index is 12.0. The molecule has 1 aliphatic rings. The van der Waals surface area contributed by atoms with Crippen molar-refractivity contribution in [1.29, 1.82) is 0 Å². The van der Waals surface area contributed by atoms with Crippen LogP contribution in [-0.2, 0) is 16.1 Å². The third-order valence-electron chi connectivity index (χ3n) is 3.68. The Morgan fingerprint density at radius 1 is 1.38 bits per heavy atom. The number of hydrogen-bond acceptors (Lipinski definition) is 3. The lowest BCUT2D eigenvalue weighted by Crippen LogP contribution is -2.42. The standard InChI is InChI=1S/C15H20BN3O2/c1-11(20)19(9-13-7-4-8-14(16)17-13)10-15(21)18-12-5-2-3-6-12/h4,7-8,12H,2-3,5-6,9-10H2,1H3,(H,18,21). The molecule has 1 saturated carbocycles. The van der Waals surface area contributed by atoms with Gasteiger partial charge in [-0.25, -0.2) is 0 Å². The van der Waals surface area contributed by atoms with Gasteiger partial charge in [0.25, 0.3) is 0 Å². The highest BCUT2D eigenvalue weighted by Gasteiger charge is 2.20. The van der Waals surface area contributed by atoms with Gasteiger partial charge in [-0.05, 0) is 24.5 Å². The Kier molecular flexibility index (Phi) is 5.36. The van der Waals surface area contributed by atoms with Gasteiger partial charge in [-0.2, -0.15) is 0 Å². The molecule has 1 aromatic rings. The SMILES string of the molecule is [B]c1cccc(CN(CC(=O)NC2CCCC2)C(C)=O)n1. The second kappa shape index (κ2) is 7.25. The highest BCUT2D eigenvalue weighted by Crippen LogP contribution is 2.17. The Morgan fingerprint density at radius 2 is 2.10 bits per heavy atom. The van der Waals surface area contributed by atoms with Crippen LogP contribution < -0.4 is 10.9 Å². The van der Waals surface area contributed by atoms with Crippen LogP contribution in [0.4, 0.5) is 0 Å². The second-order valence-corrected chi connectivity index (χ2v) is 5.48. The maximum Gasteiger partial charge on any atom is 0.239 e. The summed E-state index contributed by atoms with van der Waals surface area (Å²) in [5.74, 6) is -0.262. The molecule has 0 unspecified atom stereocenters. The van der Waals surface area contributed by atoms with Crippen molar-refractivity contribution in [3.8, 4) is 0 Å². The molecule has 1 aromatic heterocycles. The van der Waals surface area contributed by atoms with Crippen LogP contribution in [0.2, 0.25) is 0 Å². The molecule has 2 radical (unpaired) electrons. The van der Waals surface area contributed by atoms with Crippen LogP contribution in [0.25, 0.3) is 0 Å². The summed E-state index contributed by atoms with van der Waals surface area (Å²) in [6.07, 6.45) is 4.38. The quantitative estimate of drug-likeness (QED) is 0.791. The fraction of sp³-hybridized carbons (Fsp3) is 0.533. The molecule has 110 valence electrons. The van der Waals surface area contributed by atoms with Crippen molar-refractivity contribution in [2.24, 2.45) is 0 Å². The molecule has 0 atom stereocenters. The third kappa shape index (κ3) is 4.88. The highest BCUT2D eigenvalue weighted by molar-refractivity contribution is 6.30. The number of nitrogens with zero attached hydrogens (tertiary/aromatic N) is 2. The molecule has 21 heavy (non-hydrogen) atoms. The lowest BCUT2D eigenvalue weighted by molar-refractivity contribution is -0.135. The van der Waals surface area contributed by atoms with Crippen LogP contribution >= 0.6 is 0 Å². The number of amides is 2. The predicted octanol–water partition coefficient (Wildman–Crippen LogP) is 0.283. The summed E-state index contributed by atoms with van der Waals surface area (Å²) in [4.78, 5) is 29.4. The van der Waals surface area contributed by atoms with Crippen molar-refractivity contribution >= 4 is 25.3 Å². The minimum atomic E-state index is -0.152. The number of carbonyl (C=O) groups is 2. The largest absolute Gasteiger partial charge is 0.352 e. The number of pyridine rings is 1. The topological polar surface area (TPSA) is 62.3 Å². The van der Waals surface area contributed by atoms with E-state index in [2.05, 4.69) is 10.3 Å². The minimum Gasteiger partial charge on any atom is -0.352 e. The van der Waals surface area contributed by atoms with E-state index in [0.29, 0.717) is 17.8 Å². The number of carbonyl (C=O) groups excluding carboxylic acids is 2. The van der Waals surface area contributed by atoms with Gasteiger partial charge in [0.2, 0.25) is 11.8 Å². The molecule has 1 heterocycles. The Bertz CT molecular complexity index is 515. The molecule has 6 heteroatoms. The van der Waals surface area contributed by atoms with E-state index in [1.807, 2.05) is 0 Å². The monoisotopic (exact) mass is 285 g/mol. The summed E-state index contributed by atoms with van der Waals surface area (Å²) in [5, 5.41) is 2.98. The van der Waals surface area contributed by atoms with Crippen LogP contribution in [0.3, 0.4) is 0 Å². The first-order chi connectivity index (χ1) is 10.0. The highest BCUT2D eigenvalue weighted by atomic mass is 16.2. The molecule has 1 aliphatic carbocycles. The van der Waals surface area contributed by atoms with Crippen molar-refractivity contribution < 1.29 is 9.59 Å². The second-order valence-electron chi connectivity index (χ2n) is 5.48. The molecule has 0 spiro atoms. The molecular weight excluding hydrogens is 265 g/mol. The minimum absolute atomic E-state index is 0.0578. The summed E-state index contributed by atoms with van der Waals surface area (Å²) in [6, 6.07) is 5.53. The number of rotatable bonds is 5.